The largest absolute Gasteiger partial charge is 0.310 e. The van der Waals surface area contributed by atoms with Crippen molar-refractivity contribution >= 4 is 11.8 Å². The smallest absolute Gasteiger partial charge is 0.0521 e. The lowest BCUT2D eigenvalue weighted by atomic mass is 10.0. The maximum atomic E-state index is 4.22. The van der Waals surface area contributed by atoms with E-state index in [1.807, 2.05) is 29.7 Å². The molecule has 0 spiro atoms. The van der Waals surface area contributed by atoms with Gasteiger partial charge in [0.1, 0.15) is 0 Å². The maximum absolute atomic E-state index is 4.22. The molecule has 0 saturated heterocycles. The maximum Gasteiger partial charge on any atom is 0.0521 e. The number of rotatable bonds is 5. The molecule has 21 heavy (non-hydrogen) atoms. The van der Waals surface area contributed by atoms with Gasteiger partial charge in [-0.15, -0.1) is 11.8 Å². The van der Waals surface area contributed by atoms with Crippen molar-refractivity contribution < 1.29 is 0 Å². The minimum Gasteiger partial charge on any atom is -0.310 e. The van der Waals surface area contributed by atoms with Crippen LogP contribution in [-0.2, 0) is 13.5 Å². The van der Waals surface area contributed by atoms with Gasteiger partial charge in [-0.05, 0) is 43.0 Å². The molecule has 0 radical (unpaired) electrons. The zero-order valence-electron chi connectivity index (χ0n) is 12.7. The van der Waals surface area contributed by atoms with E-state index in [9.17, 15) is 0 Å². The fraction of sp³-hybridized carbons (Fsp3) is 0.471. The average molecular weight is 301 g/mol. The van der Waals surface area contributed by atoms with Gasteiger partial charge in [0.05, 0.1) is 6.20 Å². The SMILES string of the molecule is C[C@@H]1C[C@H](NCCCc2cnn(C)c2)c2ccccc2S1. The van der Waals surface area contributed by atoms with Gasteiger partial charge in [-0.3, -0.25) is 4.68 Å². The molecule has 1 N–H and O–H groups in total. The predicted molar refractivity (Wildman–Crippen MR) is 88.7 cm³/mol. The van der Waals surface area contributed by atoms with Crippen LogP contribution in [0.25, 0.3) is 0 Å². The molecule has 0 unspecified atom stereocenters. The van der Waals surface area contributed by atoms with Gasteiger partial charge in [-0.2, -0.15) is 5.10 Å². The highest BCUT2D eigenvalue weighted by molar-refractivity contribution is 8.00. The summed E-state index contributed by atoms with van der Waals surface area (Å²) in [4.78, 5) is 1.45. The van der Waals surface area contributed by atoms with Crippen molar-refractivity contribution in [2.45, 2.75) is 42.4 Å². The lowest BCUT2D eigenvalue weighted by molar-refractivity contribution is 0.480. The third kappa shape index (κ3) is 3.69. The van der Waals surface area contributed by atoms with Crippen molar-refractivity contribution in [2.24, 2.45) is 7.05 Å². The van der Waals surface area contributed by atoms with E-state index in [4.69, 9.17) is 0 Å². The topological polar surface area (TPSA) is 29.9 Å². The first-order chi connectivity index (χ1) is 10.2. The summed E-state index contributed by atoms with van der Waals surface area (Å²) in [6.07, 6.45) is 7.54. The van der Waals surface area contributed by atoms with E-state index < -0.39 is 0 Å². The van der Waals surface area contributed by atoms with Crippen LogP contribution in [0.2, 0.25) is 0 Å². The van der Waals surface area contributed by atoms with Crippen molar-refractivity contribution in [3.63, 3.8) is 0 Å². The summed E-state index contributed by atoms with van der Waals surface area (Å²) in [6, 6.07) is 9.32. The molecule has 0 saturated carbocycles. The molecule has 1 aromatic heterocycles. The number of fused-ring (bicyclic) bond motifs is 1. The molecular weight excluding hydrogens is 278 g/mol. The average Bonchev–Trinajstić information content (AvgIpc) is 2.89. The van der Waals surface area contributed by atoms with Crippen molar-refractivity contribution in [1.29, 1.82) is 0 Å². The van der Waals surface area contributed by atoms with Gasteiger partial charge in [-0.1, -0.05) is 25.1 Å². The van der Waals surface area contributed by atoms with Gasteiger partial charge < -0.3 is 5.32 Å². The monoisotopic (exact) mass is 301 g/mol. The number of nitrogens with zero attached hydrogens (tertiary/aromatic N) is 2. The van der Waals surface area contributed by atoms with Crippen LogP contribution in [0, 0.1) is 0 Å². The van der Waals surface area contributed by atoms with Crippen LogP contribution in [0.1, 0.15) is 36.9 Å². The number of nitrogens with one attached hydrogen (secondary N) is 1. The zero-order chi connectivity index (χ0) is 14.7. The summed E-state index contributed by atoms with van der Waals surface area (Å²) in [6.45, 7) is 3.39. The highest BCUT2D eigenvalue weighted by Crippen LogP contribution is 2.40. The van der Waals surface area contributed by atoms with E-state index in [0.717, 1.165) is 19.4 Å². The van der Waals surface area contributed by atoms with Gasteiger partial charge in [-0.25, -0.2) is 0 Å². The van der Waals surface area contributed by atoms with Crippen LogP contribution in [0.15, 0.2) is 41.6 Å². The van der Waals surface area contributed by atoms with E-state index in [1.54, 1.807) is 0 Å². The number of hydrogen-bond donors (Lipinski definition) is 1. The van der Waals surface area contributed by atoms with E-state index in [2.05, 4.69) is 47.8 Å². The predicted octanol–water partition coefficient (Wildman–Crippen LogP) is 3.57. The van der Waals surface area contributed by atoms with E-state index >= 15 is 0 Å². The highest BCUT2D eigenvalue weighted by atomic mass is 32.2. The minimum absolute atomic E-state index is 0.506. The van der Waals surface area contributed by atoms with Crippen LogP contribution < -0.4 is 5.32 Å². The second kappa shape index (κ2) is 6.67. The number of benzene rings is 1. The fourth-order valence-electron chi connectivity index (χ4n) is 2.96. The van der Waals surface area contributed by atoms with Crippen molar-refractivity contribution in [1.82, 2.24) is 15.1 Å². The standard InChI is InChI=1S/C17H23N3S/c1-13-10-16(15-7-3-4-8-17(15)21-13)18-9-5-6-14-11-19-20(2)12-14/h3-4,7-8,11-13,16,18H,5-6,9-10H2,1-2H3/t13-,16+/m1/s1. The molecule has 0 fully saturated rings. The molecule has 3 rings (SSSR count). The van der Waals surface area contributed by atoms with Gasteiger partial charge in [0.25, 0.3) is 0 Å². The fourth-order valence-corrected chi connectivity index (χ4v) is 4.19. The molecule has 1 aliphatic rings. The molecule has 0 bridgehead atoms. The van der Waals surface area contributed by atoms with Crippen LogP contribution in [-0.4, -0.2) is 21.6 Å². The summed E-state index contributed by atoms with van der Waals surface area (Å²) in [5.41, 5.74) is 2.80. The Morgan fingerprint density at radius 3 is 3.05 bits per heavy atom. The molecule has 1 aliphatic heterocycles. The first-order valence-electron chi connectivity index (χ1n) is 7.69. The molecular formula is C17H23N3S. The summed E-state index contributed by atoms with van der Waals surface area (Å²) >= 11 is 2.00. The molecule has 1 aromatic carbocycles. The Morgan fingerprint density at radius 1 is 1.38 bits per heavy atom. The Hall–Kier alpha value is -1.26. The molecule has 0 aliphatic carbocycles. The normalized spacial score (nSPS) is 21.2. The minimum atomic E-state index is 0.506. The summed E-state index contributed by atoms with van der Waals surface area (Å²) in [5, 5.41) is 8.65. The van der Waals surface area contributed by atoms with Crippen LogP contribution in [0.3, 0.4) is 0 Å². The third-order valence-corrected chi connectivity index (χ3v) is 5.20. The summed E-state index contributed by atoms with van der Waals surface area (Å²) < 4.78 is 1.87. The lowest BCUT2D eigenvalue weighted by Crippen LogP contribution is -2.28. The molecule has 2 heterocycles. The summed E-state index contributed by atoms with van der Waals surface area (Å²) in [5.74, 6) is 0. The first-order valence-corrected chi connectivity index (χ1v) is 8.57. The summed E-state index contributed by atoms with van der Waals surface area (Å²) in [7, 11) is 1.97. The first kappa shape index (κ1) is 14.7. The number of hydrogen-bond acceptors (Lipinski definition) is 3. The third-order valence-electron chi connectivity index (χ3n) is 3.98. The van der Waals surface area contributed by atoms with E-state index in [0.29, 0.717) is 11.3 Å². The molecule has 2 atom stereocenters. The lowest BCUT2D eigenvalue weighted by Gasteiger charge is -2.30. The Bertz CT molecular complexity index is 593. The van der Waals surface area contributed by atoms with Gasteiger partial charge in [0, 0.05) is 29.4 Å². The van der Waals surface area contributed by atoms with Gasteiger partial charge >= 0.3 is 0 Å². The second-order valence-electron chi connectivity index (χ2n) is 5.83. The quantitative estimate of drug-likeness (QED) is 0.856. The van der Waals surface area contributed by atoms with Crippen molar-refractivity contribution in [2.75, 3.05) is 6.54 Å². The molecule has 3 nitrogen and oxygen atoms in total. The van der Waals surface area contributed by atoms with Gasteiger partial charge in [0.2, 0.25) is 0 Å². The molecule has 4 heteroatoms. The van der Waals surface area contributed by atoms with Crippen LogP contribution in [0.5, 0.6) is 0 Å². The van der Waals surface area contributed by atoms with Crippen molar-refractivity contribution in [3.05, 3.63) is 47.8 Å². The number of aryl methyl sites for hydroxylation is 2. The molecule has 112 valence electrons. The Labute approximate surface area is 131 Å². The Kier molecular flexibility index (Phi) is 4.66. The van der Waals surface area contributed by atoms with E-state index in [1.165, 1.54) is 22.4 Å². The molecule has 0 amide bonds. The zero-order valence-corrected chi connectivity index (χ0v) is 13.6. The number of thioether (sulfide) groups is 1. The van der Waals surface area contributed by atoms with Crippen LogP contribution >= 0.6 is 11.8 Å². The number of aromatic nitrogens is 2. The van der Waals surface area contributed by atoms with Crippen molar-refractivity contribution in [3.8, 4) is 0 Å². The Morgan fingerprint density at radius 2 is 2.24 bits per heavy atom. The van der Waals surface area contributed by atoms with Crippen LogP contribution in [0.4, 0.5) is 0 Å². The second-order valence-corrected chi connectivity index (χ2v) is 7.31. The highest BCUT2D eigenvalue weighted by Gasteiger charge is 2.24. The van der Waals surface area contributed by atoms with E-state index in [-0.39, 0.29) is 0 Å². The van der Waals surface area contributed by atoms with Gasteiger partial charge in [0.15, 0.2) is 0 Å². The Balaban J connectivity index is 1.53. The molecule has 2 aromatic rings.